The number of rotatable bonds is 3. The minimum Gasteiger partial charge on any atom is -0.481 e. The highest BCUT2D eigenvalue weighted by Gasteiger charge is 2.10. The molecule has 3 nitrogen and oxygen atoms in total. The topological polar surface area (TPSA) is 42.2 Å². The second-order valence-corrected chi connectivity index (χ2v) is 4.01. The Bertz CT molecular complexity index is 540. The van der Waals surface area contributed by atoms with Gasteiger partial charge in [-0.3, -0.25) is 4.79 Å². The van der Waals surface area contributed by atoms with E-state index in [1.165, 1.54) is 5.56 Å². The monoisotopic (exact) mass is 217 g/mol. The highest BCUT2D eigenvalue weighted by Crippen LogP contribution is 2.21. The molecule has 0 saturated carbocycles. The molecule has 0 unspecified atom stereocenters. The summed E-state index contributed by atoms with van der Waals surface area (Å²) in [6, 6.07) is 8.16. The summed E-state index contributed by atoms with van der Waals surface area (Å²) in [6.07, 6.45) is 0.0849. The van der Waals surface area contributed by atoms with Crippen LogP contribution in [-0.2, 0) is 17.8 Å². The van der Waals surface area contributed by atoms with Crippen LogP contribution in [0.15, 0.2) is 24.3 Å². The van der Waals surface area contributed by atoms with Gasteiger partial charge in [0.1, 0.15) is 0 Å². The Labute approximate surface area is 94.3 Å². The van der Waals surface area contributed by atoms with Crippen molar-refractivity contribution in [2.24, 2.45) is 0 Å². The first-order valence-electron chi connectivity index (χ1n) is 5.42. The molecule has 0 aliphatic rings. The molecule has 0 spiro atoms. The Hall–Kier alpha value is -1.77. The number of aliphatic carboxylic acids is 1. The summed E-state index contributed by atoms with van der Waals surface area (Å²) in [7, 11) is 0. The van der Waals surface area contributed by atoms with Crippen LogP contribution >= 0.6 is 0 Å². The molecule has 0 aliphatic carbocycles. The van der Waals surface area contributed by atoms with Crippen molar-refractivity contribution in [3.8, 4) is 0 Å². The first-order valence-corrected chi connectivity index (χ1v) is 5.42. The maximum Gasteiger partial charge on any atom is 0.309 e. The van der Waals surface area contributed by atoms with E-state index in [9.17, 15) is 4.79 Å². The van der Waals surface area contributed by atoms with Crippen LogP contribution in [0.25, 0.3) is 10.9 Å². The van der Waals surface area contributed by atoms with E-state index >= 15 is 0 Å². The maximum absolute atomic E-state index is 10.8. The van der Waals surface area contributed by atoms with Crippen molar-refractivity contribution in [1.82, 2.24) is 4.57 Å². The summed E-state index contributed by atoms with van der Waals surface area (Å²) >= 11 is 0. The van der Waals surface area contributed by atoms with Crippen molar-refractivity contribution in [3.63, 3.8) is 0 Å². The average Bonchev–Trinajstić information content (AvgIpc) is 2.53. The number of carboxylic acid groups (broad SMARTS) is 1. The molecule has 0 saturated heterocycles. The lowest BCUT2D eigenvalue weighted by molar-refractivity contribution is -0.136. The molecule has 0 aliphatic heterocycles. The number of hydrogen-bond donors (Lipinski definition) is 1. The lowest BCUT2D eigenvalue weighted by Gasteiger charge is -2.06. The van der Waals surface area contributed by atoms with Crippen molar-refractivity contribution in [1.29, 1.82) is 0 Å². The molecule has 0 fully saturated rings. The second kappa shape index (κ2) is 4.00. The van der Waals surface area contributed by atoms with E-state index in [-0.39, 0.29) is 6.42 Å². The van der Waals surface area contributed by atoms with Crippen molar-refractivity contribution < 1.29 is 9.90 Å². The highest BCUT2D eigenvalue weighted by molar-refractivity contribution is 5.83. The van der Waals surface area contributed by atoms with Crippen LogP contribution in [0.2, 0.25) is 0 Å². The zero-order valence-corrected chi connectivity index (χ0v) is 9.53. The first-order chi connectivity index (χ1) is 7.61. The molecule has 1 aromatic heterocycles. The Morgan fingerprint density at radius 2 is 2.12 bits per heavy atom. The summed E-state index contributed by atoms with van der Waals surface area (Å²) in [4.78, 5) is 10.8. The van der Waals surface area contributed by atoms with Gasteiger partial charge < -0.3 is 9.67 Å². The molecule has 0 amide bonds. The molecule has 1 heterocycles. The zero-order chi connectivity index (χ0) is 11.7. The lowest BCUT2D eigenvalue weighted by atomic mass is 10.2. The number of aryl methyl sites for hydroxylation is 2. The van der Waals surface area contributed by atoms with Gasteiger partial charge in [-0.05, 0) is 36.9 Å². The third-order valence-corrected chi connectivity index (χ3v) is 2.79. The van der Waals surface area contributed by atoms with Gasteiger partial charge in [0.15, 0.2) is 0 Å². The minimum atomic E-state index is -0.783. The minimum absolute atomic E-state index is 0.0849. The van der Waals surface area contributed by atoms with Gasteiger partial charge in [0.05, 0.1) is 6.42 Å². The smallest absolute Gasteiger partial charge is 0.309 e. The molecule has 84 valence electrons. The van der Waals surface area contributed by atoms with E-state index in [0.29, 0.717) is 0 Å². The molecule has 1 N–H and O–H groups in total. The fourth-order valence-corrected chi connectivity index (χ4v) is 2.10. The van der Waals surface area contributed by atoms with Crippen LogP contribution in [0.5, 0.6) is 0 Å². The first kappa shape index (κ1) is 10.7. The molecule has 1 aromatic carbocycles. The van der Waals surface area contributed by atoms with Crippen LogP contribution in [0.4, 0.5) is 0 Å². The van der Waals surface area contributed by atoms with E-state index in [0.717, 1.165) is 23.1 Å². The quantitative estimate of drug-likeness (QED) is 0.858. The van der Waals surface area contributed by atoms with E-state index in [1.807, 2.05) is 32.0 Å². The van der Waals surface area contributed by atoms with Gasteiger partial charge in [-0.15, -0.1) is 0 Å². The van der Waals surface area contributed by atoms with Crippen LogP contribution in [0, 0.1) is 6.92 Å². The van der Waals surface area contributed by atoms with Crippen LogP contribution in [-0.4, -0.2) is 15.6 Å². The van der Waals surface area contributed by atoms with Gasteiger partial charge >= 0.3 is 5.97 Å². The molecule has 0 atom stereocenters. The molecular weight excluding hydrogens is 202 g/mol. The largest absolute Gasteiger partial charge is 0.481 e. The summed E-state index contributed by atoms with van der Waals surface area (Å²) < 4.78 is 2.07. The van der Waals surface area contributed by atoms with Gasteiger partial charge in [-0.2, -0.15) is 0 Å². The Morgan fingerprint density at radius 3 is 2.75 bits per heavy atom. The van der Waals surface area contributed by atoms with Gasteiger partial charge in [-0.25, -0.2) is 0 Å². The SMILES string of the molecule is CCn1c(CC(=O)O)cc2ccc(C)cc21. The van der Waals surface area contributed by atoms with Crippen molar-refractivity contribution in [2.75, 3.05) is 0 Å². The van der Waals surface area contributed by atoms with E-state index in [4.69, 9.17) is 5.11 Å². The Kier molecular flexibility index (Phi) is 2.69. The molecule has 16 heavy (non-hydrogen) atoms. The molecular formula is C13H15NO2. The predicted molar refractivity (Wildman–Crippen MR) is 63.7 cm³/mol. The van der Waals surface area contributed by atoms with Crippen molar-refractivity contribution in [3.05, 3.63) is 35.5 Å². The third kappa shape index (κ3) is 1.81. The second-order valence-electron chi connectivity index (χ2n) is 4.01. The van der Waals surface area contributed by atoms with Crippen LogP contribution in [0.3, 0.4) is 0 Å². The van der Waals surface area contributed by atoms with Crippen LogP contribution in [0.1, 0.15) is 18.2 Å². The third-order valence-electron chi connectivity index (χ3n) is 2.79. The van der Waals surface area contributed by atoms with Gasteiger partial charge in [0.25, 0.3) is 0 Å². The van der Waals surface area contributed by atoms with E-state index in [1.54, 1.807) is 0 Å². The van der Waals surface area contributed by atoms with Crippen molar-refractivity contribution in [2.45, 2.75) is 26.8 Å². The molecule has 0 bridgehead atoms. The molecule has 2 rings (SSSR count). The number of carboxylic acids is 1. The molecule has 2 aromatic rings. The van der Waals surface area contributed by atoms with Crippen LogP contribution < -0.4 is 0 Å². The number of fused-ring (bicyclic) bond motifs is 1. The fourth-order valence-electron chi connectivity index (χ4n) is 2.10. The maximum atomic E-state index is 10.8. The van der Waals surface area contributed by atoms with Gasteiger partial charge in [0, 0.05) is 17.8 Å². The number of carbonyl (C=O) groups is 1. The number of nitrogens with zero attached hydrogens (tertiary/aromatic N) is 1. The van der Waals surface area contributed by atoms with E-state index < -0.39 is 5.97 Å². The summed E-state index contributed by atoms with van der Waals surface area (Å²) in [5.74, 6) is -0.783. The zero-order valence-electron chi connectivity index (χ0n) is 9.53. The number of hydrogen-bond acceptors (Lipinski definition) is 1. The standard InChI is InChI=1S/C13H15NO2/c1-3-14-11(8-13(15)16)7-10-5-4-9(2)6-12(10)14/h4-7H,3,8H2,1-2H3,(H,15,16). The van der Waals surface area contributed by atoms with Crippen molar-refractivity contribution >= 4 is 16.9 Å². The molecule has 3 heteroatoms. The highest BCUT2D eigenvalue weighted by atomic mass is 16.4. The van der Waals surface area contributed by atoms with Gasteiger partial charge in [0.2, 0.25) is 0 Å². The summed E-state index contributed by atoms with van der Waals surface area (Å²) in [5, 5.41) is 9.97. The Balaban J connectivity index is 2.62. The molecule has 0 radical (unpaired) electrons. The van der Waals surface area contributed by atoms with Gasteiger partial charge in [-0.1, -0.05) is 12.1 Å². The fraction of sp³-hybridized carbons (Fsp3) is 0.308. The van der Waals surface area contributed by atoms with E-state index in [2.05, 4.69) is 10.6 Å². The summed E-state index contributed by atoms with van der Waals surface area (Å²) in [5.41, 5.74) is 3.19. The number of benzene rings is 1. The predicted octanol–water partition coefficient (Wildman–Crippen LogP) is 2.60. The average molecular weight is 217 g/mol. The number of aromatic nitrogens is 1. The normalized spacial score (nSPS) is 10.9. The Morgan fingerprint density at radius 1 is 1.38 bits per heavy atom. The lowest BCUT2D eigenvalue weighted by Crippen LogP contribution is -2.06. The summed E-state index contributed by atoms with van der Waals surface area (Å²) in [6.45, 7) is 4.88.